The summed E-state index contributed by atoms with van der Waals surface area (Å²) in [6.45, 7) is 2.80. The van der Waals surface area contributed by atoms with E-state index in [0.29, 0.717) is 18.1 Å². The maximum atomic E-state index is 5.01. The molecule has 1 saturated carbocycles. The zero-order chi connectivity index (χ0) is 20.4. The quantitative estimate of drug-likeness (QED) is 0.605. The Balaban J connectivity index is 1.13. The number of nitrogens with zero attached hydrogens (tertiary/aromatic N) is 6. The molecular weight excluding hydrogens is 412 g/mol. The van der Waals surface area contributed by atoms with Gasteiger partial charge in [-0.3, -0.25) is 10.3 Å². The minimum Gasteiger partial charge on any atom is -0.364 e. The molecule has 3 fully saturated rings. The molecule has 2 saturated heterocycles. The van der Waals surface area contributed by atoms with Crippen molar-refractivity contribution in [3.8, 4) is 0 Å². The second-order valence-corrected chi connectivity index (χ2v) is 9.84. The Morgan fingerprint density at radius 1 is 1.19 bits per heavy atom. The van der Waals surface area contributed by atoms with E-state index < -0.39 is 0 Å². The van der Waals surface area contributed by atoms with E-state index in [1.807, 2.05) is 12.3 Å². The third-order valence-electron chi connectivity index (χ3n) is 6.90. The molecule has 2 bridgehead atoms. The third-order valence-corrected chi connectivity index (χ3v) is 7.81. The largest absolute Gasteiger partial charge is 0.364 e. The van der Waals surface area contributed by atoms with Gasteiger partial charge in [-0.1, -0.05) is 5.16 Å². The van der Waals surface area contributed by atoms with Crippen LogP contribution in [0.3, 0.4) is 0 Å². The first-order valence-corrected chi connectivity index (χ1v) is 11.8. The van der Waals surface area contributed by atoms with Crippen molar-refractivity contribution in [2.75, 3.05) is 23.4 Å². The first-order chi connectivity index (χ1) is 15.3. The first-order valence-electron chi connectivity index (χ1n) is 11.0. The number of hydrazine groups is 2. The van der Waals surface area contributed by atoms with Crippen LogP contribution in [-0.2, 0) is 6.54 Å². The molecule has 3 aromatic rings. The lowest BCUT2D eigenvalue weighted by Crippen LogP contribution is -2.47. The average molecular weight is 437 g/mol. The zero-order valence-electron chi connectivity index (χ0n) is 17.0. The minimum atomic E-state index is 0.376. The number of likely N-dealkylation sites (tertiary alicyclic amines) is 1. The minimum absolute atomic E-state index is 0.376. The molecule has 10 heteroatoms. The van der Waals surface area contributed by atoms with Gasteiger partial charge in [0.25, 0.3) is 0 Å². The smallest absolute Gasteiger partial charge is 0.228 e. The Bertz CT molecular complexity index is 1130. The summed E-state index contributed by atoms with van der Waals surface area (Å²) < 4.78 is 6.10. The summed E-state index contributed by atoms with van der Waals surface area (Å²) in [6.07, 6.45) is 9.63. The molecule has 3 atom stereocenters. The summed E-state index contributed by atoms with van der Waals surface area (Å²) in [5.41, 5.74) is 8.89. The van der Waals surface area contributed by atoms with Gasteiger partial charge in [0, 0.05) is 44.0 Å². The predicted octanol–water partition coefficient (Wildman–Crippen LogP) is 2.58. The number of hydrogen-bond acceptors (Lipinski definition) is 10. The Morgan fingerprint density at radius 3 is 2.97 bits per heavy atom. The summed E-state index contributed by atoms with van der Waals surface area (Å²) in [5.74, 6) is 2.44. The maximum absolute atomic E-state index is 5.01. The molecular formula is C21H24N8OS. The molecule has 0 aromatic carbocycles. The maximum Gasteiger partial charge on any atom is 0.228 e. The molecule has 0 radical (unpaired) electrons. The Morgan fingerprint density at radius 2 is 2.16 bits per heavy atom. The second-order valence-electron chi connectivity index (χ2n) is 8.92. The van der Waals surface area contributed by atoms with Crippen LogP contribution in [-0.4, -0.2) is 56.4 Å². The zero-order valence-corrected chi connectivity index (χ0v) is 17.8. The fourth-order valence-electron chi connectivity index (χ4n) is 5.19. The van der Waals surface area contributed by atoms with Crippen molar-refractivity contribution >= 4 is 33.3 Å². The number of hydrogen-bond donors (Lipinski definition) is 2. The van der Waals surface area contributed by atoms with Gasteiger partial charge in [-0.25, -0.2) is 4.98 Å². The van der Waals surface area contributed by atoms with Crippen LogP contribution < -0.4 is 15.8 Å². The predicted molar refractivity (Wildman–Crippen MR) is 118 cm³/mol. The molecule has 3 aliphatic heterocycles. The molecule has 3 aromatic heterocycles. The summed E-state index contributed by atoms with van der Waals surface area (Å²) in [7, 11) is 0. The second kappa shape index (κ2) is 6.91. The molecule has 9 nitrogen and oxygen atoms in total. The van der Waals surface area contributed by atoms with Crippen LogP contribution in [0.2, 0.25) is 0 Å². The van der Waals surface area contributed by atoms with Crippen molar-refractivity contribution in [2.24, 2.45) is 5.92 Å². The van der Waals surface area contributed by atoms with Gasteiger partial charge in [0.2, 0.25) is 5.95 Å². The number of thiophene rings is 1. The third kappa shape index (κ3) is 3.08. The number of rotatable bonds is 6. The first kappa shape index (κ1) is 17.9. The summed E-state index contributed by atoms with van der Waals surface area (Å²) >= 11 is 1.69. The lowest BCUT2D eigenvalue weighted by Gasteiger charge is -2.34. The molecule has 1 unspecified atom stereocenters. The van der Waals surface area contributed by atoms with Crippen LogP contribution in [0.5, 0.6) is 0 Å². The van der Waals surface area contributed by atoms with E-state index in [1.165, 1.54) is 12.8 Å². The van der Waals surface area contributed by atoms with Crippen molar-refractivity contribution in [3.63, 3.8) is 0 Å². The van der Waals surface area contributed by atoms with Crippen LogP contribution in [0.4, 0.5) is 11.8 Å². The van der Waals surface area contributed by atoms with E-state index in [2.05, 4.69) is 48.4 Å². The van der Waals surface area contributed by atoms with Crippen LogP contribution in [0.1, 0.15) is 25.0 Å². The average Bonchev–Trinajstić information content (AvgIpc) is 3.33. The van der Waals surface area contributed by atoms with Gasteiger partial charge in [0.05, 0.1) is 22.0 Å². The van der Waals surface area contributed by atoms with Gasteiger partial charge in [0.1, 0.15) is 6.26 Å². The van der Waals surface area contributed by atoms with E-state index in [0.717, 1.165) is 59.6 Å². The molecule has 2 N–H and O–H groups in total. The summed E-state index contributed by atoms with van der Waals surface area (Å²) in [4.78, 5) is 14.8. The van der Waals surface area contributed by atoms with Gasteiger partial charge in [0.15, 0.2) is 5.82 Å². The molecule has 160 valence electrons. The highest BCUT2D eigenvalue weighted by molar-refractivity contribution is 7.17. The van der Waals surface area contributed by atoms with Crippen LogP contribution in [0.25, 0.3) is 10.2 Å². The molecule has 1 aliphatic carbocycles. The number of nitrogens with one attached hydrogen (secondary N) is 2. The number of fused-ring (bicyclic) bond motifs is 3. The van der Waals surface area contributed by atoms with E-state index in [1.54, 1.807) is 17.6 Å². The fourth-order valence-corrected chi connectivity index (χ4v) is 5.96. The van der Waals surface area contributed by atoms with Crippen molar-refractivity contribution in [2.45, 2.75) is 43.9 Å². The van der Waals surface area contributed by atoms with Gasteiger partial charge in [-0.2, -0.15) is 4.98 Å². The molecule has 7 rings (SSSR count). The van der Waals surface area contributed by atoms with Crippen molar-refractivity contribution < 1.29 is 4.52 Å². The molecule has 0 amide bonds. The fraction of sp³-hybridized carbons (Fsp3) is 0.476. The molecule has 31 heavy (non-hydrogen) atoms. The van der Waals surface area contributed by atoms with Crippen LogP contribution in [0.15, 0.2) is 40.6 Å². The number of anilines is 2. The lowest BCUT2D eigenvalue weighted by molar-refractivity contribution is 0.222. The van der Waals surface area contributed by atoms with Crippen molar-refractivity contribution in [1.29, 1.82) is 0 Å². The van der Waals surface area contributed by atoms with Gasteiger partial charge >= 0.3 is 0 Å². The Hall–Kier alpha value is -2.69. The van der Waals surface area contributed by atoms with Gasteiger partial charge < -0.3 is 14.8 Å². The van der Waals surface area contributed by atoms with Crippen molar-refractivity contribution in [1.82, 2.24) is 30.6 Å². The van der Waals surface area contributed by atoms with Crippen LogP contribution >= 0.6 is 11.3 Å². The van der Waals surface area contributed by atoms with Gasteiger partial charge in [-0.05, 0) is 42.7 Å². The van der Waals surface area contributed by atoms with Gasteiger partial charge in [-0.15, -0.1) is 16.5 Å². The Labute approximate surface area is 183 Å². The highest BCUT2D eigenvalue weighted by Crippen LogP contribution is 2.39. The van der Waals surface area contributed by atoms with E-state index in [-0.39, 0.29) is 0 Å². The van der Waals surface area contributed by atoms with Crippen molar-refractivity contribution in [3.05, 3.63) is 41.7 Å². The standard InChI is InChI=1S/C21H24N8OS/c1-2-13(1)18-3-6-22-29(18)25-20-19-17(5-8-31-19)23-21(24-20)28-12-15-9-16(28)11-27(15)10-14-4-7-30-26-14/h3-8,13,15-16,18,22H,1-2,9-12H2,(H,23,24,25)/t15-,16-,18?/m0/s1. The molecule has 6 heterocycles. The topological polar surface area (TPSA) is 85.6 Å². The van der Waals surface area contributed by atoms with E-state index in [4.69, 9.17) is 14.5 Å². The number of piperazine rings is 1. The lowest BCUT2D eigenvalue weighted by atomic mass is 10.2. The molecule has 0 spiro atoms. The highest BCUT2D eigenvalue weighted by Gasteiger charge is 2.44. The Kier molecular flexibility index (Phi) is 4.00. The normalized spacial score (nSPS) is 28.1. The van der Waals surface area contributed by atoms with E-state index in [9.17, 15) is 0 Å². The summed E-state index contributed by atoms with van der Waals surface area (Å²) in [6, 6.07) is 5.36. The monoisotopic (exact) mass is 436 g/mol. The van der Waals surface area contributed by atoms with E-state index >= 15 is 0 Å². The SMILES string of the molecule is C1=CC(C2CC2)N(Nc2nc(N3C[C@@H]4C[C@H]3CN4Cc3ccon3)nc3ccsc23)N1. The molecule has 4 aliphatic rings. The van der Waals surface area contributed by atoms with Crippen LogP contribution in [0, 0.1) is 5.92 Å². The summed E-state index contributed by atoms with van der Waals surface area (Å²) in [5, 5.41) is 8.27. The highest BCUT2D eigenvalue weighted by atomic mass is 32.1. The number of aromatic nitrogens is 3.